The van der Waals surface area contributed by atoms with Gasteiger partial charge in [0.15, 0.2) is 0 Å². The van der Waals surface area contributed by atoms with Crippen LogP contribution in [0.2, 0.25) is 0 Å². The van der Waals surface area contributed by atoms with Crippen LogP contribution in [-0.2, 0) is 0 Å². The number of thiazole rings is 1. The second kappa shape index (κ2) is 4.75. The molecule has 5 atom stereocenters. The fourth-order valence-corrected chi connectivity index (χ4v) is 7.89. The Hall–Kier alpha value is -1.000. The third-order valence-electron chi connectivity index (χ3n) is 5.90. The van der Waals surface area contributed by atoms with Gasteiger partial charge in [0.25, 0.3) is 0 Å². The molecule has 0 amide bonds. The maximum absolute atomic E-state index is 11.9. The van der Waals surface area contributed by atoms with Crippen LogP contribution in [-0.4, -0.2) is 10.2 Å². The van der Waals surface area contributed by atoms with Crippen molar-refractivity contribution in [3.05, 3.63) is 49.9 Å². The van der Waals surface area contributed by atoms with Crippen LogP contribution >= 0.6 is 23.1 Å². The summed E-state index contributed by atoms with van der Waals surface area (Å²) in [4.78, 5) is 16.5. The number of hydrogen-bond donors (Lipinski definition) is 1. The number of H-pyrrole nitrogens is 1. The van der Waals surface area contributed by atoms with Crippen LogP contribution < -0.4 is 4.87 Å². The molecular weight excluding hydrogens is 310 g/mol. The highest BCUT2D eigenvalue weighted by Gasteiger charge is 2.54. The Labute approximate surface area is 138 Å². The first kappa shape index (κ1) is 13.4. The summed E-state index contributed by atoms with van der Waals surface area (Å²) < 4.78 is 0. The summed E-state index contributed by atoms with van der Waals surface area (Å²) in [6.07, 6.45) is 4.19. The molecule has 22 heavy (non-hydrogen) atoms. The Morgan fingerprint density at radius 2 is 1.91 bits per heavy atom. The van der Waals surface area contributed by atoms with Crippen molar-refractivity contribution in [1.82, 2.24) is 4.98 Å². The van der Waals surface area contributed by atoms with Gasteiger partial charge >= 0.3 is 4.87 Å². The molecule has 2 saturated carbocycles. The molecule has 0 unspecified atom stereocenters. The van der Waals surface area contributed by atoms with E-state index in [1.807, 2.05) is 11.8 Å². The van der Waals surface area contributed by atoms with Crippen molar-refractivity contribution in [1.29, 1.82) is 0 Å². The highest BCUT2D eigenvalue weighted by molar-refractivity contribution is 8.00. The van der Waals surface area contributed by atoms with Crippen molar-refractivity contribution in [2.45, 2.75) is 42.4 Å². The molecule has 0 saturated heterocycles. The van der Waals surface area contributed by atoms with Crippen LogP contribution in [0.25, 0.3) is 0 Å². The number of aromatic nitrogens is 1. The maximum atomic E-state index is 11.9. The number of fused-ring (bicyclic) bond motifs is 6. The van der Waals surface area contributed by atoms with E-state index in [4.69, 9.17) is 0 Å². The molecule has 4 heteroatoms. The minimum absolute atomic E-state index is 0.113. The SMILES string of the molecule is Cc1ccc([C@@H]2c3sc(=O)[nH]c3S[C@H]3[C@@H]4CC[C@@H](C4)[C@@H]23)cc1. The third-order valence-corrected chi connectivity index (χ3v) is 8.53. The van der Waals surface area contributed by atoms with E-state index in [1.165, 1.54) is 46.6 Å². The predicted molar refractivity (Wildman–Crippen MR) is 91.9 cm³/mol. The number of benzene rings is 1. The van der Waals surface area contributed by atoms with E-state index in [2.05, 4.69) is 36.2 Å². The van der Waals surface area contributed by atoms with E-state index < -0.39 is 0 Å². The number of hydrogen-bond acceptors (Lipinski definition) is 3. The van der Waals surface area contributed by atoms with Crippen molar-refractivity contribution in [3.63, 3.8) is 0 Å². The van der Waals surface area contributed by atoms with Gasteiger partial charge in [-0.05, 0) is 49.5 Å². The van der Waals surface area contributed by atoms with Gasteiger partial charge in [-0.2, -0.15) is 0 Å². The topological polar surface area (TPSA) is 32.9 Å². The zero-order chi connectivity index (χ0) is 14.8. The summed E-state index contributed by atoms with van der Waals surface area (Å²) in [5, 5.41) is 1.87. The van der Waals surface area contributed by atoms with Gasteiger partial charge in [0.2, 0.25) is 0 Å². The van der Waals surface area contributed by atoms with E-state index in [-0.39, 0.29) is 4.87 Å². The number of aryl methyl sites for hydroxylation is 1. The van der Waals surface area contributed by atoms with Crippen LogP contribution in [0.3, 0.4) is 0 Å². The Balaban J connectivity index is 1.68. The molecule has 2 bridgehead atoms. The largest absolute Gasteiger partial charge is 0.307 e. The van der Waals surface area contributed by atoms with Gasteiger partial charge in [-0.15, -0.1) is 11.8 Å². The molecule has 114 valence electrons. The fourth-order valence-electron chi connectivity index (χ4n) is 5.00. The lowest BCUT2D eigenvalue weighted by molar-refractivity contribution is 0.307. The zero-order valence-corrected chi connectivity index (χ0v) is 14.2. The normalized spacial score (nSPS) is 35.4. The fraction of sp³-hybridized carbons (Fsp3) is 0.500. The van der Waals surface area contributed by atoms with Crippen LogP contribution in [0.15, 0.2) is 34.1 Å². The van der Waals surface area contributed by atoms with Gasteiger partial charge in [-0.3, -0.25) is 4.79 Å². The molecule has 2 heterocycles. The van der Waals surface area contributed by atoms with Gasteiger partial charge in [-0.25, -0.2) is 0 Å². The van der Waals surface area contributed by atoms with Gasteiger partial charge in [-0.1, -0.05) is 41.2 Å². The van der Waals surface area contributed by atoms with Gasteiger partial charge in [0.1, 0.15) is 0 Å². The molecule has 2 aliphatic carbocycles. The molecule has 2 nitrogen and oxygen atoms in total. The van der Waals surface area contributed by atoms with Crippen molar-refractivity contribution in [2.24, 2.45) is 17.8 Å². The Morgan fingerprint density at radius 1 is 1.14 bits per heavy atom. The van der Waals surface area contributed by atoms with E-state index >= 15 is 0 Å². The first-order valence-electron chi connectivity index (χ1n) is 8.17. The zero-order valence-electron chi connectivity index (χ0n) is 12.5. The molecule has 1 N–H and O–H groups in total. The van der Waals surface area contributed by atoms with E-state index in [0.29, 0.717) is 11.2 Å². The standard InChI is InChI=1S/C18H19NOS2/c1-9-2-4-10(5-3-9)13-14-11-6-7-12(8-11)15(14)21-17-16(13)22-18(20)19-17/h2-5,11-15H,6-8H2,1H3,(H,19,20)/t11-,12+,13-,14-,15-/m0/s1. The first-order chi connectivity index (χ1) is 10.7. The monoisotopic (exact) mass is 329 g/mol. The number of nitrogens with one attached hydrogen (secondary N) is 1. The highest BCUT2D eigenvalue weighted by atomic mass is 32.2. The molecule has 1 aromatic carbocycles. The molecular formula is C18H19NOS2. The summed E-state index contributed by atoms with van der Waals surface area (Å²) >= 11 is 3.41. The predicted octanol–water partition coefficient (Wildman–Crippen LogP) is 4.40. The summed E-state index contributed by atoms with van der Waals surface area (Å²) in [7, 11) is 0. The average Bonchev–Trinajstić information content (AvgIpc) is 3.19. The molecule has 1 aromatic heterocycles. The van der Waals surface area contributed by atoms with Gasteiger partial charge in [0.05, 0.1) is 5.03 Å². The smallest absolute Gasteiger partial charge is 0.305 e. The quantitative estimate of drug-likeness (QED) is 0.841. The van der Waals surface area contributed by atoms with Crippen molar-refractivity contribution in [2.75, 3.05) is 0 Å². The van der Waals surface area contributed by atoms with E-state index in [9.17, 15) is 4.79 Å². The maximum Gasteiger partial charge on any atom is 0.305 e. The van der Waals surface area contributed by atoms with Crippen LogP contribution in [0.5, 0.6) is 0 Å². The number of rotatable bonds is 1. The third kappa shape index (κ3) is 1.83. The lowest BCUT2D eigenvalue weighted by atomic mass is 9.75. The molecule has 0 spiro atoms. The average molecular weight is 329 g/mol. The molecule has 0 radical (unpaired) electrons. The minimum Gasteiger partial charge on any atom is -0.307 e. The number of thioether (sulfide) groups is 1. The molecule has 1 aliphatic heterocycles. The Bertz CT molecular complexity index is 775. The lowest BCUT2D eigenvalue weighted by Gasteiger charge is -2.40. The van der Waals surface area contributed by atoms with Crippen molar-refractivity contribution >= 4 is 23.1 Å². The summed E-state index contributed by atoms with van der Waals surface area (Å²) in [6.45, 7) is 2.14. The molecule has 2 fully saturated rings. The van der Waals surface area contributed by atoms with E-state index in [0.717, 1.165) is 22.8 Å². The van der Waals surface area contributed by atoms with Crippen LogP contribution in [0.1, 0.15) is 41.2 Å². The minimum atomic E-state index is 0.113. The lowest BCUT2D eigenvalue weighted by Crippen LogP contribution is -2.33. The van der Waals surface area contributed by atoms with Crippen LogP contribution in [0, 0.1) is 24.7 Å². The van der Waals surface area contributed by atoms with Crippen molar-refractivity contribution < 1.29 is 0 Å². The molecule has 3 aliphatic rings. The van der Waals surface area contributed by atoms with Crippen molar-refractivity contribution in [3.8, 4) is 0 Å². The van der Waals surface area contributed by atoms with Crippen LogP contribution in [0.4, 0.5) is 0 Å². The summed E-state index contributed by atoms with van der Waals surface area (Å²) in [5.41, 5.74) is 2.71. The molecule has 5 rings (SSSR count). The van der Waals surface area contributed by atoms with Gasteiger partial charge in [0, 0.05) is 16.0 Å². The summed E-state index contributed by atoms with van der Waals surface area (Å²) in [6, 6.07) is 9.00. The van der Waals surface area contributed by atoms with Gasteiger partial charge < -0.3 is 4.98 Å². The first-order valence-corrected chi connectivity index (χ1v) is 9.86. The number of aromatic amines is 1. The second-order valence-corrected chi connectivity index (χ2v) is 9.29. The second-order valence-electron chi connectivity index (χ2n) is 7.09. The summed E-state index contributed by atoms with van der Waals surface area (Å²) in [5.74, 6) is 2.88. The highest BCUT2D eigenvalue weighted by Crippen LogP contribution is 2.63. The van der Waals surface area contributed by atoms with E-state index in [1.54, 1.807) is 0 Å². The Kier molecular flexibility index (Phi) is 2.90. The molecule has 2 aromatic rings. The Morgan fingerprint density at radius 3 is 2.73 bits per heavy atom.